The molecule has 0 aliphatic rings. The third-order valence-corrected chi connectivity index (χ3v) is 4.99. The van der Waals surface area contributed by atoms with E-state index in [-0.39, 0.29) is 28.2 Å². The van der Waals surface area contributed by atoms with E-state index in [1.54, 1.807) is 13.8 Å². The molecule has 0 amide bonds. The Morgan fingerprint density at radius 2 is 1.90 bits per heavy atom. The Bertz CT molecular complexity index is 587. The van der Waals surface area contributed by atoms with Crippen LogP contribution in [0.3, 0.4) is 0 Å². The van der Waals surface area contributed by atoms with Crippen molar-refractivity contribution in [1.82, 2.24) is 4.72 Å². The average molecular weight is 342 g/mol. The first-order chi connectivity index (χ1) is 9.13. The first kappa shape index (κ1) is 17.7. The summed E-state index contributed by atoms with van der Waals surface area (Å²) >= 11 is 11.8. The Labute approximate surface area is 128 Å². The Morgan fingerprint density at radius 3 is 2.40 bits per heavy atom. The molecule has 1 aromatic carbocycles. The number of benzene rings is 1. The number of rotatable bonds is 6. The van der Waals surface area contributed by atoms with E-state index in [2.05, 4.69) is 4.72 Å². The number of ether oxygens (including phenoxy) is 1. The number of aliphatic hydroxyl groups excluding tert-OH is 1. The van der Waals surface area contributed by atoms with Crippen molar-refractivity contribution in [3.8, 4) is 0 Å². The van der Waals surface area contributed by atoms with Crippen LogP contribution in [0.2, 0.25) is 10.0 Å². The molecule has 20 heavy (non-hydrogen) atoms. The van der Waals surface area contributed by atoms with Gasteiger partial charge in [-0.2, -0.15) is 0 Å². The van der Waals surface area contributed by atoms with E-state index in [1.807, 2.05) is 0 Å². The minimum Gasteiger partial charge on any atom is -0.392 e. The van der Waals surface area contributed by atoms with Crippen LogP contribution in [0.1, 0.15) is 19.4 Å². The van der Waals surface area contributed by atoms with Crippen molar-refractivity contribution >= 4 is 33.2 Å². The van der Waals surface area contributed by atoms with Crippen LogP contribution in [0.25, 0.3) is 0 Å². The Balaban J connectivity index is 3.22. The van der Waals surface area contributed by atoms with Gasteiger partial charge in [-0.15, -0.1) is 0 Å². The summed E-state index contributed by atoms with van der Waals surface area (Å²) in [5.41, 5.74) is -0.503. The molecule has 0 atom stereocenters. The lowest BCUT2D eigenvalue weighted by molar-refractivity contribution is 0.141. The van der Waals surface area contributed by atoms with Gasteiger partial charge in [-0.1, -0.05) is 23.2 Å². The monoisotopic (exact) mass is 341 g/mol. The second-order valence-electron chi connectivity index (χ2n) is 4.95. The van der Waals surface area contributed by atoms with Crippen molar-refractivity contribution in [3.05, 3.63) is 27.7 Å². The van der Waals surface area contributed by atoms with Gasteiger partial charge in [0.05, 0.1) is 23.8 Å². The fourth-order valence-corrected chi connectivity index (χ4v) is 3.96. The number of halogens is 2. The molecule has 0 fully saturated rings. The van der Waals surface area contributed by atoms with Crippen LogP contribution in [0.4, 0.5) is 0 Å². The van der Waals surface area contributed by atoms with Gasteiger partial charge < -0.3 is 9.84 Å². The average Bonchev–Trinajstić information content (AvgIpc) is 2.26. The summed E-state index contributed by atoms with van der Waals surface area (Å²) in [6.45, 7) is 3.19. The van der Waals surface area contributed by atoms with Crippen LogP contribution in [0.5, 0.6) is 0 Å². The van der Waals surface area contributed by atoms with Crippen LogP contribution in [0, 0.1) is 0 Å². The minimum atomic E-state index is -3.85. The fraction of sp³-hybridized carbons (Fsp3) is 0.500. The highest BCUT2D eigenvalue weighted by molar-refractivity contribution is 7.89. The number of aliphatic hydroxyl groups is 1. The fourth-order valence-electron chi connectivity index (χ4n) is 1.71. The molecule has 114 valence electrons. The summed E-state index contributed by atoms with van der Waals surface area (Å²) in [5, 5.41) is 9.36. The number of methoxy groups -OCH3 is 1. The molecule has 0 saturated heterocycles. The van der Waals surface area contributed by atoms with Gasteiger partial charge in [0, 0.05) is 12.1 Å². The highest BCUT2D eigenvalue weighted by atomic mass is 35.5. The van der Waals surface area contributed by atoms with E-state index in [4.69, 9.17) is 33.0 Å². The molecular weight excluding hydrogens is 325 g/mol. The van der Waals surface area contributed by atoms with Crippen molar-refractivity contribution in [2.75, 3.05) is 13.7 Å². The van der Waals surface area contributed by atoms with Crippen molar-refractivity contribution < 1.29 is 18.3 Å². The maximum atomic E-state index is 12.3. The second kappa shape index (κ2) is 6.60. The zero-order valence-electron chi connectivity index (χ0n) is 11.4. The molecule has 1 rings (SSSR count). The lowest BCUT2D eigenvalue weighted by atomic mass is 10.1. The molecule has 0 heterocycles. The maximum Gasteiger partial charge on any atom is 0.242 e. The summed E-state index contributed by atoms with van der Waals surface area (Å²) in [4.78, 5) is -0.128. The molecule has 0 bridgehead atoms. The Hall–Kier alpha value is -0.370. The summed E-state index contributed by atoms with van der Waals surface area (Å²) in [6, 6.07) is 2.56. The zero-order chi connectivity index (χ0) is 15.6. The van der Waals surface area contributed by atoms with E-state index in [0.717, 1.165) is 0 Å². The molecule has 0 aliphatic heterocycles. The predicted octanol–water partition coefficient (Wildman–Crippen LogP) is 2.19. The van der Waals surface area contributed by atoms with E-state index in [0.29, 0.717) is 5.56 Å². The molecular formula is C12H17Cl2NO4S. The minimum absolute atomic E-state index is 0.00656. The van der Waals surface area contributed by atoms with E-state index in [1.165, 1.54) is 19.2 Å². The SMILES string of the molecule is COCC(C)(C)NS(=O)(=O)c1cc(CO)c(Cl)cc1Cl. The third kappa shape index (κ3) is 4.31. The predicted molar refractivity (Wildman–Crippen MR) is 78.7 cm³/mol. The van der Waals surface area contributed by atoms with Crippen LogP contribution in [-0.4, -0.2) is 32.8 Å². The molecule has 8 heteroatoms. The molecule has 0 unspecified atom stereocenters. The van der Waals surface area contributed by atoms with Gasteiger partial charge in [-0.05, 0) is 31.5 Å². The molecule has 0 aliphatic carbocycles. The van der Waals surface area contributed by atoms with Crippen molar-refractivity contribution in [2.24, 2.45) is 0 Å². The molecule has 0 aromatic heterocycles. The largest absolute Gasteiger partial charge is 0.392 e. The number of hydrogen-bond acceptors (Lipinski definition) is 4. The second-order valence-corrected chi connectivity index (χ2v) is 7.42. The maximum absolute atomic E-state index is 12.3. The van der Waals surface area contributed by atoms with Gasteiger partial charge in [-0.25, -0.2) is 13.1 Å². The van der Waals surface area contributed by atoms with Crippen LogP contribution < -0.4 is 4.72 Å². The van der Waals surface area contributed by atoms with Crippen molar-refractivity contribution in [3.63, 3.8) is 0 Å². The normalized spacial score (nSPS) is 12.7. The lowest BCUT2D eigenvalue weighted by Crippen LogP contribution is -2.46. The van der Waals surface area contributed by atoms with E-state index >= 15 is 0 Å². The van der Waals surface area contributed by atoms with Crippen molar-refractivity contribution in [1.29, 1.82) is 0 Å². The molecule has 0 radical (unpaired) electrons. The van der Waals surface area contributed by atoms with Crippen molar-refractivity contribution in [2.45, 2.75) is 30.9 Å². The standard InChI is InChI=1S/C12H17Cl2NO4S/c1-12(2,7-19-3)15-20(17,18)11-4-8(6-16)9(13)5-10(11)14/h4-5,15-16H,6-7H2,1-3H3. The molecule has 5 nitrogen and oxygen atoms in total. The number of sulfonamides is 1. The summed E-state index contributed by atoms with van der Waals surface area (Å²) in [7, 11) is -2.37. The zero-order valence-corrected chi connectivity index (χ0v) is 13.7. The topological polar surface area (TPSA) is 75.6 Å². The lowest BCUT2D eigenvalue weighted by Gasteiger charge is -2.25. The highest BCUT2D eigenvalue weighted by Gasteiger charge is 2.28. The summed E-state index contributed by atoms with van der Waals surface area (Å²) in [6.07, 6.45) is 0. The Morgan fingerprint density at radius 1 is 1.30 bits per heavy atom. The van der Waals surface area contributed by atoms with E-state index in [9.17, 15) is 8.42 Å². The van der Waals surface area contributed by atoms with Gasteiger partial charge >= 0.3 is 0 Å². The molecule has 1 aromatic rings. The van der Waals surface area contributed by atoms with E-state index < -0.39 is 15.6 Å². The van der Waals surface area contributed by atoms with Crippen LogP contribution in [0.15, 0.2) is 17.0 Å². The Kier molecular flexibility index (Phi) is 5.83. The van der Waals surface area contributed by atoms with Gasteiger partial charge in [0.25, 0.3) is 0 Å². The quantitative estimate of drug-likeness (QED) is 0.831. The highest BCUT2D eigenvalue weighted by Crippen LogP contribution is 2.29. The third-order valence-electron chi connectivity index (χ3n) is 2.48. The van der Waals surface area contributed by atoms with Crippen LogP contribution >= 0.6 is 23.2 Å². The smallest absolute Gasteiger partial charge is 0.242 e. The summed E-state index contributed by atoms with van der Waals surface area (Å²) in [5.74, 6) is 0. The number of hydrogen-bond donors (Lipinski definition) is 2. The first-order valence-electron chi connectivity index (χ1n) is 5.74. The molecule has 2 N–H and O–H groups in total. The van der Waals surface area contributed by atoms with Gasteiger partial charge in [0.15, 0.2) is 0 Å². The molecule has 0 saturated carbocycles. The first-order valence-corrected chi connectivity index (χ1v) is 7.98. The number of nitrogens with one attached hydrogen (secondary N) is 1. The summed E-state index contributed by atoms with van der Waals surface area (Å²) < 4.78 is 32.2. The van der Waals surface area contributed by atoms with Gasteiger partial charge in [-0.3, -0.25) is 0 Å². The van der Waals surface area contributed by atoms with Gasteiger partial charge in [0.1, 0.15) is 4.90 Å². The molecule has 0 spiro atoms. The van der Waals surface area contributed by atoms with Crippen LogP contribution in [-0.2, 0) is 21.4 Å². The van der Waals surface area contributed by atoms with Gasteiger partial charge in [0.2, 0.25) is 10.0 Å².